The molecule has 2 aliphatic rings. The molecule has 7 nitrogen and oxygen atoms in total. The smallest absolute Gasteiger partial charge is 0.246 e. The number of amides is 2. The Morgan fingerprint density at radius 3 is 2.52 bits per heavy atom. The van der Waals surface area contributed by atoms with Gasteiger partial charge in [0, 0.05) is 49.5 Å². The van der Waals surface area contributed by atoms with Crippen LogP contribution in [0.5, 0.6) is 0 Å². The minimum Gasteiger partial charge on any atom is -0.368 e. The number of H-pyrrole nitrogens is 1. The molecule has 152 valence electrons. The molecule has 1 aliphatic carbocycles. The maximum Gasteiger partial charge on any atom is 0.246 e. The van der Waals surface area contributed by atoms with Gasteiger partial charge in [0.15, 0.2) is 5.82 Å². The Labute approximate surface area is 170 Å². The Morgan fingerprint density at radius 1 is 1.21 bits per heavy atom. The SMILES string of the molecule is C=CC(=O)N1CCN(c2ccc(C(C)C(=O)Nc3cc(C4CC4)[nH]n3)cc2)CC1. The average molecular weight is 393 g/mol. The van der Waals surface area contributed by atoms with E-state index in [1.54, 1.807) is 0 Å². The third kappa shape index (κ3) is 4.34. The molecule has 1 atom stereocenters. The molecule has 1 unspecified atom stereocenters. The Balaban J connectivity index is 1.33. The van der Waals surface area contributed by atoms with Gasteiger partial charge in [-0.05, 0) is 43.5 Å². The van der Waals surface area contributed by atoms with Crippen LogP contribution in [0.2, 0.25) is 0 Å². The van der Waals surface area contributed by atoms with Crippen LogP contribution in [0, 0.1) is 0 Å². The topological polar surface area (TPSA) is 81.3 Å². The first-order valence-electron chi connectivity index (χ1n) is 10.2. The van der Waals surface area contributed by atoms with Crippen molar-refractivity contribution < 1.29 is 9.59 Å². The quantitative estimate of drug-likeness (QED) is 0.740. The molecule has 1 aromatic heterocycles. The predicted molar refractivity (Wildman–Crippen MR) is 113 cm³/mol. The van der Waals surface area contributed by atoms with Gasteiger partial charge in [-0.2, -0.15) is 5.10 Å². The molecular formula is C22H27N5O2. The number of hydrogen-bond acceptors (Lipinski definition) is 4. The molecule has 1 aromatic carbocycles. The summed E-state index contributed by atoms with van der Waals surface area (Å²) in [5.41, 5.74) is 3.17. The van der Waals surface area contributed by atoms with Crippen LogP contribution in [-0.4, -0.2) is 53.1 Å². The molecular weight excluding hydrogens is 366 g/mol. The van der Waals surface area contributed by atoms with Gasteiger partial charge in [-0.25, -0.2) is 0 Å². The van der Waals surface area contributed by atoms with E-state index in [-0.39, 0.29) is 17.7 Å². The van der Waals surface area contributed by atoms with Crippen LogP contribution in [0.4, 0.5) is 11.5 Å². The first-order chi connectivity index (χ1) is 14.0. The molecule has 4 rings (SSSR count). The third-order valence-electron chi connectivity index (χ3n) is 5.78. The van der Waals surface area contributed by atoms with Gasteiger partial charge >= 0.3 is 0 Å². The van der Waals surface area contributed by atoms with Gasteiger partial charge in [0.05, 0.1) is 5.92 Å². The van der Waals surface area contributed by atoms with Crippen molar-refractivity contribution in [2.75, 3.05) is 36.4 Å². The van der Waals surface area contributed by atoms with Crippen molar-refractivity contribution in [1.82, 2.24) is 15.1 Å². The summed E-state index contributed by atoms with van der Waals surface area (Å²) in [5, 5.41) is 10.1. The molecule has 2 heterocycles. The maximum atomic E-state index is 12.6. The molecule has 2 fully saturated rings. The number of anilines is 2. The van der Waals surface area contributed by atoms with Crippen molar-refractivity contribution >= 4 is 23.3 Å². The normalized spacial score (nSPS) is 17.7. The van der Waals surface area contributed by atoms with E-state index < -0.39 is 0 Å². The number of aromatic nitrogens is 2. The van der Waals surface area contributed by atoms with E-state index >= 15 is 0 Å². The average Bonchev–Trinajstić information content (AvgIpc) is 3.52. The zero-order valence-electron chi connectivity index (χ0n) is 16.7. The standard InChI is InChI=1S/C22H27N5O2/c1-3-21(28)27-12-10-26(11-13-27)18-8-6-16(7-9-18)15(2)22(29)23-20-14-19(24-25-20)17-4-5-17/h3,6-9,14-15,17H,1,4-5,10-13H2,2H3,(H2,23,24,25,29). The highest BCUT2D eigenvalue weighted by Crippen LogP contribution is 2.39. The maximum absolute atomic E-state index is 12.6. The van der Waals surface area contributed by atoms with Crippen LogP contribution in [0.25, 0.3) is 0 Å². The van der Waals surface area contributed by atoms with Gasteiger partial charge in [0.25, 0.3) is 0 Å². The number of piperazine rings is 1. The Kier molecular flexibility index (Phi) is 5.38. The molecule has 1 saturated carbocycles. The number of nitrogens with zero attached hydrogens (tertiary/aromatic N) is 3. The fourth-order valence-corrected chi connectivity index (χ4v) is 3.68. The predicted octanol–water partition coefficient (Wildman–Crippen LogP) is 2.86. The Morgan fingerprint density at radius 2 is 1.90 bits per heavy atom. The molecule has 1 saturated heterocycles. The van der Waals surface area contributed by atoms with Crippen LogP contribution < -0.4 is 10.2 Å². The number of rotatable bonds is 6. The lowest BCUT2D eigenvalue weighted by Gasteiger charge is -2.35. The van der Waals surface area contributed by atoms with Gasteiger partial charge in [0.2, 0.25) is 11.8 Å². The largest absolute Gasteiger partial charge is 0.368 e. The van der Waals surface area contributed by atoms with Crippen molar-refractivity contribution in [3.63, 3.8) is 0 Å². The summed E-state index contributed by atoms with van der Waals surface area (Å²) in [4.78, 5) is 28.4. The van der Waals surface area contributed by atoms with Crippen LogP contribution in [-0.2, 0) is 9.59 Å². The highest BCUT2D eigenvalue weighted by atomic mass is 16.2. The lowest BCUT2D eigenvalue weighted by Crippen LogP contribution is -2.48. The number of hydrogen-bond donors (Lipinski definition) is 2. The van der Waals surface area contributed by atoms with Crippen LogP contribution in [0.1, 0.15) is 42.9 Å². The monoisotopic (exact) mass is 393 g/mol. The molecule has 29 heavy (non-hydrogen) atoms. The molecule has 0 bridgehead atoms. The first kappa shape index (κ1) is 19.2. The van der Waals surface area contributed by atoms with Crippen molar-refractivity contribution in [3.8, 4) is 0 Å². The van der Waals surface area contributed by atoms with E-state index in [1.165, 1.54) is 18.9 Å². The van der Waals surface area contributed by atoms with E-state index in [0.717, 1.165) is 30.0 Å². The fraction of sp³-hybridized carbons (Fsp3) is 0.409. The Bertz CT molecular complexity index is 892. The zero-order chi connectivity index (χ0) is 20.4. The lowest BCUT2D eigenvalue weighted by molar-refractivity contribution is -0.126. The second kappa shape index (κ2) is 8.11. The molecule has 2 N–H and O–H groups in total. The van der Waals surface area contributed by atoms with Gasteiger partial charge in [-0.3, -0.25) is 14.7 Å². The number of nitrogens with one attached hydrogen (secondary N) is 2. The molecule has 1 aliphatic heterocycles. The highest BCUT2D eigenvalue weighted by molar-refractivity contribution is 5.95. The highest BCUT2D eigenvalue weighted by Gasteiger charge is 2.26. The number of carbonyl (C=O) groups excluding carboxylic acids is 2. The van der Waals surface area contributed by atoms with E-state index in [2.05, 4.69) is 27.0 Å². The van der Waals surface area contributed by atoms with Crippen molar-refractivity contribution in [2.45, 2.75) is 31.6 Å². The fourth-order valence-electron chi connectivity index (χ4n) is 3.68. The van der Waals surface area contributed by atoms with Crippen LogP contribution in [0.15, 0.2) is 43.0 Å². The zero-order valence-corrected chi connectivity index (χ0v) is 16.7. The first-order valence-corrected chi connectivity index (χ1v) is 10.2. The van der Waals surface area contributed by atoms with Crippen LogP contribution in [0.3, 0.4) is 0 Å². The van der Waals surface area contributed by atoms with Gasteiger partial charge < -0.3 is 15.1 Å². The van der Waals surface area contributed by atoms with E-state index in [9.17, 15) is 9.59 Å². The summed E-state index contributed by atoms with van der Waals surface area (Å²) >= 11 is 0. The van der Waals surface area contributed by atoms with Crippen molar-refractivity contribution in [3.05, 3.63) is 54.2 Å². The summed E-state index contributed by atoms with van der Waals surface area (Å²) in [6, 6.07) is 10.0. The van der Waals surface area contributed by atoms with Crippen molar-refractivity contribution in [2.24, 2.45) is 0 Å². The van der Waals surface area contributed by atoms with Gasteiger partial charge in [-0.1, -0.05) is 18.7 Å². The minimum atomic E-state index is -0.271. The van der Waals surface area contributed by atoms with Crippen molar-refractivity contribution in [1.29, 1.82) is 0 Å². The second-order valence-corrected chi connectivity index (χ2v) is 7.80. The van der Waals surface area contributed by atoms with E-state index in [0.29, 0.717) is 24.8 Å². The molecule has 2 amide bonds. The number of benzene rings is 1. The van der Waals surface area contributed by atoms with E-state index in [4.69, 9.17) is 0 Å². The minimum absolute atomic E-state index is 0.0130. The molecule has 7 heteroatoms. The molecule has 2 aromatic rings. The molecule has 0 spiro atoms. The Hall–Kier alpha value is -3.09. The van der Waals surface area contributed by atoms with Gasteiger partial charge in [-0.15, -0.1) is 0 Å². The summed E-state index contributed by atoms with van der Waals surface area (Å²) in [6.45, 7) is 8.41. The molecule has 0 radical (unpaired) electrons. The number of carbonyl (C=O) groups is 2. The lowest BCUT2D eigenvalue weighted by atomic mass is 10.00. The van der Waals surface area contributed by atoms with Gasteiger partial charge in [0.1, 0.15) is 0 Å². The summed E-state index contributed by atoms with van der Waals surface area (Å²) < 4.78 is 0. The second-order valence-electron chi connectivity index (χ2n) is 7.80. The van der Waals surface area contributed by atoms with E-state index in [1.807, 2.05) is 42.2 Å². The number of aromatic amines is 1. The summed E-state index contributed by atoms with van der Waals surface area (Å²) in [6.07, 6.45) is 3.75. The third-order valence-corrected chi connectivity index (χ3v) is 5.78. The summed E-state index contributed by atoms with van der Waals surface area (Å²) in [5.74, 6) is 0.818. The summed E-state index contributed by atoms with van der Waals surface area (Å²) in [7, 11) is 0. The van der Waals surface area contributed by atoms with Crippen LogP contribution >= 0.6 is 0 Å².